The number of fused-ring (bicyclic) bond motifs is 1. The van der Waals surface area contributed by atoms with E-state index in [0.717, 1.165) is 32.1 Å². The summed E-state index contributed by atoms with van der Waals surface area (Å²) in [7, 11) is 0. The van der Waals surface area contributed by atoms with Gasteiger partial charge in [-0.1, -0.05) is 42.7 Å². The van der Waals surface area contributed by atoms with E-state index in [9.17, 15) is 24.6 Å². The standard InChI is InChI=1S/C30H31N5O5/c1-19(36)20-11-14-23(15-12-20)35(28(39)18-34-25-10-6-5-9-24(25)32-33-34)29(21-13-16-26(37)27(38)17-21)30(40)31-22-7-3-2-4-8-22/h5-6,9-17,22,29,37-38H,2-4,7-8,18H2,1H3,(H,31,40). The molecule has 1 aliphatic carbocycles. The van der Waals surface area contributed by atoms with Gasteiger partial charge in [0.05, 0.1) is 5.52 Å². The van der Waals surface area contributed by atoms with Gasteiger partial charge < -0.3 is 15.5 Å². The van der Waals surface area contributed by atoms with E-state index < -0.39 is 23.6 Å². The minimum Gasteiger partial charge on any atom is -0.504 e. The van der Waals surface area contributed by atoms with Crippen LogP contribution in [0.1, 0.15) is 61.0 Å². The minimum absolute atomic E-state index is 0.0363. The maximum atomic E-state index is 14.1. The molecule has 1 saturated carbocycles. The smallest absolute Gasteiger partial charge is 0.249 e. The lowest BCUT2D eigenvalue weighted by Crippen LogP contribution is -2.48. The van der Waals surface area contributed by atoms with Gasteiger partial charge in [-0.25, -0.2) is 4.68 Å². The van der Waals surface area contributed by atoms with Crippen LogP contribution in [0.2, 0.25) is 0 Å². The Kier molecular flexibility index (Phi) is 7.77. The number of nitrogens with zero attached hydrogens (tertiary/aromatic N) is 4. The highest BCUT2D eigenvalue weighted by molar-refractivity contribution is 6.02. The van der Waals surface area contributed by atoms with Crippen LogP contribution in [0.5, 0.6) is 11.5 Å². The molecule has 5 rings (SSSR count). The first-order valence-corrected chi connectivity index (χ1v) is 13.4. The number of hydrogen-bond acceptors (Lipinski definition) is 7. The zero-order chi connectivity index (χ0) is 28.2. The molecule has 10 nitrogen and oxygen atoms in total. The number of phenols is 2. The van der Waals surface area contributed by atoms with E-state index in [1.807, 2.05) is 12.1 Å². The van der Waals surface area contributed by atoms with Crippen molar-refractivity contribution in [2.24, 2.45) is 0 Å². The molecule has 0 bridgehead atoms. The van der Waals surface area contributed by atoms with Gasteiger partial charge in [0.15, 0.2) is 17.3 Å². The molecule has 3 N–H and O–H groups in total. The van der Waals surface area contributed by atoms with Crippen molar-refractivity contribution in [1.29, 1.82) is 0 Å². The predicted octanol–water partition coefficient (Wildman–Crippen LogP) is 4.27. The Hall–Kier alpha value is -4.73. The maximum Gasteiger partial charge on any atom is 0.249 e. The van der Waals surface area contributed by atoms with Crippen molar-refractivity contribution >= 4 is 34.3 Å². The van der Waals surface area contributed by atoms with Crippen LogP contribution < -0.4 is 10.2 Å². The Morgan fingerprint density at radius 1 is 0.975 bits per heavy atom. The quantitative estimate of drug-likeness (QED) is 0.224. The highest BCUT2D eigenvalue weighted by Crippen LogP contribution is 2.34. The SMILES string of the molecule is CC(=O)c1ccc(N(C(=O)Cn2nnc3ccccc32)C(C(=O)NC2CCCCC2)c2ccc(O)c(O)c2)cc1. The Morgan fingerprint density at radius 2 is 1.70 bits per heavy atom. The zero-order valence-electron chi connectivity index (χ0n) is 22.2. The number of hydrogen-bond donors (Lipinski definition) is 3. The molecule has 1 aromatic heterocycles. The van der Waals surface area contributed by atoms with E-state index in [1.165, 1.54) is 34.7 Å². The van der Waals surface area contributed by atoms with Crippen LogP contribution >= 0.6 is 0 Å². The lowest BCUT2D eigenvalue weighted by Gasteiger charge is -2.33. The van der Waals surface area contributed by atoms with E-state index in [1.54, 1.807) is 36.4 Å². The monoisotopic (exact) mass is 541 g/mol. The van der Waals surface area contributed by atoms with Crippen molar-refractivity contribution in [3.63, 3.8) is 0 Å². The highest BCUT2D eigenvalue weighted by Gasteiger charge is 2.35. The fourth-order valence-corrected chi connectivity index (χ4v) is 5.19. The fraction of sp³-hybridized carbons (Fsp3) is 0.300. The number of aromatic hydroxyl groups is 2. The number of phenolic OH excluding ortho intramolecular Hbond substituents is 2. The van der Waals surface area contributed by atoms with Crippen LogP contribution in [-0.2, 0) is 16.1 Å². The van der Waals surface area contributed by atoms with Crippen molar-refractivity contribution in [2.75, 3.05) is 4.90 Å². The Balaban J connectivity index is 1.59. The molecule has 10 heteroatoms. The molecule has 1 unspecified atom stereocenters. The zero-order valence-corrected chi connectivity index (χ0v) is 22.2. The number of anilines is 1. The molecule has 40 heavy (non-hydrogen) atoms. The van der Waals surface area contributed by atoms with Gasteiger partial charge >= 0.3 is 0 Å². The maximum absolute atomic E-state index is 14.1. The number of ketones is 1. The van der Waals surface area contributed by atoms with Crippen LogP contribution in [0.4, 0.5) is 5.69 Å². The molecule has 1 fully saturated rings. The topological polar surface area (TPSA) is 138 Å². The van der Waals surface area contributed by atoms with E-state index >= 15 is 0 Å². The first kappa shape index (κ1) is 26.9. The lowest BCUT2D eigenvalue weighted by atomic mass is 9.94. The Bertz CT molecular complexity index is 1540. The van der Waals surface area contributed by atoms with Crippen LogP contribution in [0.3, 0.4) is 0 Å². The second-order valence-corrected chi connectivity index (χ2v) is 10.1. The molecule has 1 aliphatic rings. The number of benzene rings is 3. The molecule has 0 spiro atoms. The molecule has 3 aromatic carbocycles. The number of rotatable bonds is 8. The van der Waals surface area contributed by atoms with E-state index in [-0.39, 0.29) is 24.1 Å². The average molecular weight is 542 g/mol. The lowest BCUT2D eigenvalue weighted by molar-refractivity contribution is -0.127. The number of nitrogens with one attached hydrogen (secondary N) is 1. The third-order valence-corrected chi connectivity index (χ3v) is 7.30. The van der Waals surface area contributed by atoms with Gasteiger partial charge in [-0.2, -0.15) is 0 Å². The van der Waals surface area contributed by atoms with Crippen molar-refractivity contribution < 1.29 is 24.6 Å². The molecular weight excluding hydrogens is 510 g/mol. The Morgan fingerprint density at radius 3 is 2.40 bits per heavy atom. The van der Waals surface area contributed by atoms with E-state index in [0.29, 0.717) is 27.8 Å². The normalized spacial score (nSPS) is 14.5. The molecule has 0 radical (unpaired) electrons. The number of aromatic nitrogens is 3. The summed E-state index contributed by atoms with van der Waals surface area (Å²) in [5.41, 5.74) is 2.45. The van der Waals surface area contributed by atoms with Crippen molar-refractivity contribution in [3.8, 4) is 11.5 Å². The largest absolute Gasteiger partial charge is 0.504 e. The molecular formula is C30H31N5O5. The molecule has 0 aliphatic heterocycles. The van der Waals surface area contributed by atoms with Crippen LogP contribution in [0, 0.1) is 0 Å². The van der Waals surface area contributed by atoms with Crippen LogP contribution in [-0.4, -0.2) is 48.8 Å². The summed E-state index contributed by atoms with van der Waals surface area (Å²) in [6.07, 6.45) is 4.80. The molecule has 1 heterocycles. The van der Waals surface area contributed by atoms with Gasteiger partial charge in [-0.15, -0.1) is 5.10 Å². The second-order valence-electron chi connectivity index (χ2n) is 10.1. The number of para-hydroxylation sites is 1. The van der Waals surface area contributed by atoms with Gasteiger partial charge in [0.25, 0.3) is 0 Å². The van der Waals surface area contributed by atoms with Crippen molar-refractivity contribution in [2.45, 2.75) is 57.7 Å². The van der Waals surface area contributed by atoms with E-state index in [4.69, 9.17) is 0 Å². The van der Waals surface area contributed by atoms with Crippen molar-refractivity contribution in [1.82, 2.24) is 20.3 Å². The van der Waals surface area contributed by atoms with Crippen molar-refractivity contribution in [3.05, 3.63) is 77.9 Å². The second kappa shape index (κ2) is 11.6. The summed E-state index contributed by atoms with van der Waals surface area (Å²) in [5, 5.41) is 31.7. The minimum atomic E-state index is -1.18. The van der Waals surface area contributed by atoms with Gasteiger partial charge in [0, 0.05) is 17.3 Å². The van der Waals surface area contributed by atoms with E-state index in [2.05, 4.69) is 15.6 Å². The summed E-state index contributed by atoms with van der Waals surface area (Å²) >= 11 is 0. The number of Topliss-reactive ketones (excluding diaryl/α,β-unsaturated/α-hetero) is 1. The first-order valence-electron chi connectivity index (χ1n) is 13.4. The number of carbonyl (C=O) groups is 3. The molecule has 0 saturated heterocycles. The van der Waals surface area contributed by atoms with Gasteiger partial charge in [-0.3, -0.25) is 19.3 Å². The fourth-order valence-electron chi connectivity index (χ4n) is 5.19. The van der Waals surface area contributed by atoms with Crippen LogP contribution in [0.25, 0.3) is 11.0 Å². The highest BCUT2D eigenvalue weighted by atomic mass is 16.3. The van der Waals surface area contributed by atoms with Crippen LogP contribution in [0.15, 0.2) is 66.7 Å². The van der Waals surface area contributed by atoms with Gasteiger partial charge in [-0.05, 0) is 73.9 Å². The Labute approximate surface area is 231 Å². The summed E-state index contributed by atoms with van der Waals surface area (Å²) < 4.78 is 1.47. The summed E-state index contributed by atoms with van der Waals surface area (Å²) in [6.45, 7) is 1.24. The molecule has 4 aromatic rings. The molecule has 206 valence electrons. The molecule has 2 amide bonds. The average Bonchev–Trinajstić information content (AvgIpc) is 3.36. The third-order valence-electron chi connectivity index (χ3n) is 7.30. The molecule has 1 atom stereocenters. The summed E-state index contributed by atoms with van der Waals surface area (Å²) in [5.74, 6) is -1.75. The van der Waals surface area contributed by atoms with Gasteiger partial charge in [0.1, 0.15) is 18.1 Å². The predicted molar refractivity (Wildman–Crippen MR) is 149 cm³/mol. The number of amides is 2. The summed E-state index contributed by atoms with van der Waals surface area (Å²) in [6, 6.07) is 16.6. The number of carbonyl (C=O) groups excluding carboxylic acids is 3. The summed E-state index contributed by atoms with van der Waals surface area (Å²) in [4.78, 5) is 41.4. The third kappa shape index (κ3) is 5.66. The van der Waals surface area contributed by atoms with Gasteiger partial charge in [0.2, 0.25) is 11.8 Å². The first-order chi connectivity index (χ1) is 19.3.